The molecule has 0 fully saturated rings. The van der Waals surface area contributed by atoms with Crippen molar-refractivity contribution >= 4 is 15.9 Å². The van der Waals surface area contributed by atoms with E-state index in [1.54, 1.807) is 0 Å². The van der Waals surface area contributed by atoms with E-state index in [1.165, 1.54) is 46.9 Å². The minimum Gasteiger partial charge on any atom is -0.230 e. The largest absolute Gasteiger partial charge is 0.230 e. The molecule has 0 bridgehead atoms. The Kier molecular flexibility index (Phi) is 4.02. The third-order valence-corrected chi connectivity index (χ3v) is 3.72. The molecule has 0 unspecified atom stereocenters. The van der Waals surface area contributed by atoms with Gasteiger partial charge >= 0.3 is 0 Å². The topological polar surface area (TPSA) is 14.1 Å². The molecule has 10 heavy (non-hydrogen) atoms. The van der Waals surface area contributed by atoms with Gasteiger partial charge < -0.3 is 0 Å². The van der Waals surface area contributed by atoms with Crippen molar-refractivity contribution in [3.63, 3.8) is 0 Å². The minimum absolute atomic E-state index is 1.23. The lowest BCUT2D eigenvalue weighted by atomic mass is 10.2. The minimum atomic E-state index is 1.23. The maximum absolute atomic E-state index is 4.14. The molecule has 0 spiro atoms. The Morgan fingerprint density at radius 2 is 2.40 bits per heavy atom. The van der Waals surface area contributed by atoms with E-state index < -0.39 is 0 Å². The Labute approximate surface area is 65.8 Å². The predicted octanol–water partition coefficient (Wildman–Crippen LogP) is 3.75. The number of hydrogen-bond acceptors (Lipinski definition) is 0. The number of unbranched alkanes of at least 4 members (excludes halogenated alkanes) is 2. The normalized spacial score (nSPS) is 18.3. The maximum Gasteiger partial charge on any atom is 0.0696 e. The van der Waals surface area contributed by atoms with Crippen molar-refractivity contribution in [2.24, 2.45) is 0 Å². The lowest BCUT2D eigenvalue weighted by molar-refractivity contribution is 0.724. The molecule has 1 nitrogen and oxygen atoms in total. The van der Waals surface area contributed by atoms with Crippen molar-refractivity contribution in [1.29, 1.82) is 0 Å². The van der Waals surface area contributed by atoms with Crippen LogP contribution in [-0.2, 0) is 0 Å². The zero-order valence-corrected chi connectivity index (χ0v) is 8.04. The van der Waals surface area contributed by atoms with E-state index in [1.807, 2.05) is 6.20 Å². The zero-order valence-electron chi connectivity index (χ0n) is 6.25. The van der Waals surface area contributed by atoms with E-state index in [-0.39, 0.29) is 0 Å². The highest BCUT2D eigenvalue weighted by Gasteiger charge is 1.98. The van der Waals surface area contributed by atoms with Crippen LogP contribution in [0.25, 0.3) is 0 Å². The van der Waals surface area contributed by atoms with Crippen LogP contribution in [-0.4, -0.2) is 0 Å². The molecule has 1 heterocycles. The van der Waals surface area contributed by atoms with Gasteiger partial charge in [0.25, 0.3) is 0 Å². The average molecular weight is 172 g/mol. The van der Waals surface area contributed by atoms with Crippen molar-refractivity contribution in [2.75, 3.05) is 0 Å². The van der Waals surface area contributed by atoms with Crippen LogP contribution in [0.3, 0.4) is 0 Å². The molecule has 3 heteroatoms. The van der Waals surface area contributed by atoms with E-state index in [4.69, 9.17) is 0 Å². The van der Waals surface area contributed by atoms with E-state index in [2.05, 4.69) is 12.0 Å². The summed E-state index contributed by atoms with van der Waals surface area (Å²) in [5, 5.41) is 5.66. The van der Waals surface area contributed by atoms with Crippen LogP contribution in [0.5, 0.6) is 0 Å². The molecular weight excluding hydrogens is 160 g/mol. The van der Waals surface area contributed by atoms with Gasteiger partial charge in [-0.3, -0.25) is 0 Å². The first kappa shape index (κ1) is 8.24. The molecule has 0 aliphatic carbocycles. The summed E-state index contributed by atoms with van der Waals surface area (Å²) in [4.78, 5) is 0. The van der Waals surface area contributed by atoms with Gasteiger partial charge in [-0.2, -0.15) is 0 Å². The molecule has 0 aromatic heterocycles. The highest BCUT2D eigenvalue weighted by Crippen LogP contribution is 2.33. The Hall–Kier alpha value is 0.140. The van der Waals surface area contributed by atoms with Crippen LogP contribution in [0.15, 0.2) is 11.5 Å². The van der Waals surface area contributed by atoms with Gasteiger partial charge in [0.05, 0.1) is 8.02 Å². The monoisotopic (exact) mass is 172 g/mol. The number of allylic oxidation sites excluding steroid dienone is 1. The molecule has 1 aliphatic rings. The molecule has 0 saturated heterocycles. The number of hydrogen-bond donors (Lipinski definition) is 0. The van der Waals surface area contributed by atoms with Crippen LogP contribution < -0.4 is 5.09 Å². The summed E-state index contributed by atoms with van der Waals surface area (Å²) in [6.45, 7) is 2.24. The lowest BCUT2D eigenvalue weighted by Gasteiger charge is -1.94. The molecule has 1 rings (SSSR count). The fourth-order valence-electron chi connectivity index (χ4n) is 0.872. The third-order valence-electron chi connectivity index (χ3n) is 1.47. The van der Waals surface area contributed by atoms with Gasteiger partial charge in [-0.25, -0.2) is 5.09 Å². The van der Waals surface area contributed by atoms with Crippen LogP contribution in [0.4, 0.5) is 0 Å². The van der Waals surface area contributed by atoms with Crippen molar-refractivity contribution in [3.8, 4) is 0 Å². The predicted molar refractivity (Wildman–Crippen MR) is 48.2 cm³/mol. The van der Waals surface area contributed by atoms with Gasteiger partial charge in [-0.1, -0.05) is 19.8 Å². The molecule has 1 radical (unpaired) electrons. The number of rotatable bonds is 4. The summed E-state index contributed by atoms with van der Waals surface area (Å²) in [6, 6.07) is 0. The molecule has 0 amide bonds. The van der Waals surface area contributed by atoms with Crippen molar-refractivity contribution in [3.05, 3.63) is 11.5 Å². The molecule has 1 aliphatic heterocycles. The van der Waals surface area contributed by atoms with E-state index in [0.29, 0.717) is 0 Å². The summed E-state index contributed by atoms with van der Waals surface area (Å²) >= 11 is 0. The van der Waals surface area contributed by atoms with Crippen LogP contribution in [0.1, 0.15) is 32.6 Å². The second-order valence-electron chi connectivity index (χ2n) is 2.38. The van der Waals surface area contributed by atoms with E-state index in [9.17, 15) is 0 Å². The molecule has 0 atom stereocenters. The van der Waals surface area contributed by atoms with Gasteiger partial charge in [0.15, 0.2) is 0 Å². The first-order valence-electron chi connectivity index (χ1n) is 3.73. The summed E-state index contributed by atoms with van der Waals surface area (Å²) in [5.41, 5.74) is 0. The summed E-state index contributed by atoms with van der Waals surface area (Å²) in [6.07, 6.45) is 7.34. The van der Waals surface area contributed by atoms with Gasteiger partial charge in [0.1, 0.15) is 0 Å². The highest BCUT2D eigenvalue weighted by molar-refractivity contribution is 7.85. The fourth-order valence-corrected chi connectivity index (χ4v) is 2.80. The third kappa shape index (κ3) is 2.82. The molecule has 0 aromatic rings. The molecule has 55 valence electrons. The Balaban J connectivity index is 2.08. The first-order valence-corrected chi connectivity index (χ1v) is 6.18. The summed E-state index contributed by atoms with van der Waals surface area (Å²) in [7, 11) is 2.64. The SMILES string of the molecule is CCCCCC1=C[N]P=P1. The molecule has 0 aromatic carbocycles. The average Bonchev–Trinajstić information content (AvgIpc) is 2.41. The Morgan fingerprint density at radius 1 is 1.50 bits per heavy atom. The van der Waals surface area contributed by atoms with Gasteiger partial charge in [-0.15, -0.1) is 0 Å². The summed E-state index contributed by atoms with van der Waals surface area (Å²) < 4.78 is 0. The highest BCUT2D eigenvalue weighted by atomic mass is 31.7. The van der Waals surface area contributed by atoms with Crippen LogP contribution >= 0.6 is 15.9 Å². The van der Waals surface area contributed by atoms with Crippen LogP contribution in [0, 0.1) is 0 Å². The standard InChI is InChI=1S/C7H12NP2/c1-2-3-4-5-7-6-8-10-9-7/h6H,2-5H2,1H3. The molecule has 0 saturated carbocycles. The second-order valence-corrected chi connectivity index (χ2v) is 4.70. The van der Waals surface area contributed by atoms with Gasteiger partial charge in [0.2, 0.25) is 0 Å². The Bertz CT molecular complexity index is 152. The first-order chi connectivity index (χ1) is 4.93. The Morgan fingerprint density at radius 3 is 3.00 bits per heavy atom. The van der Waals surface area contributed by atoms with Gasteiger partial charge in [-0.05, 0) is 20.7 Å². The van der Waals surface area contributed by atoms with Crippen molar-refractivity contribution in [1.82, 2.24) is 5.09 Å². The van der Waals surface area contributed by atoms with Gasteiger partial charge in [0, 0.05) is 11.5 Å². The second kappa shape index (κ2) is 4.88. The van der Waals surface area contributed by atoms with E-state index in [0.717, 1.165) is 0 Å². The van der Waals surface area contributed by atoms with Crippen molar-refractivity contribution in [2.45, 2.75) is 32.6 Å². The van der Waals surface area contributed by atoms with Crippen molar-refractivity contribution < 1.29 is 0 Å². The van der Waals surface area contributed by atoms with Crippen LogP contribution in [0.2, 0.25) is 0 Å². The maximum atomic E-state index is 4.14. The quantitative estimate of drug-likeness (QED) is 0.453. The number of nitrogens with zero attached hydrogens (tertiary/aromatic N) is 1. The summed E-state index contributed by atoms with van der Waals surface area (Å²) in [5.74, 6) is 0. The molecule has 0 N–H and O–H groups in total. The lowest BCUT2D eigenvalue weighted by Crippen LogP contribution is -1.76. The van der Waals surface area contributed by atoms with E-state index >= 15 is 0 Å². The smallest absolute Gasteiger partial charge is 0.0696 e. The zero-order chi connectivity index (χ0) is 7.23. The molecular formula is C7H12NP2. The fraction of sp³-hybridized carbons (Fsp3) is 0.714.